The molecule has 0 fully saturated rings. The topological polar surface area (TPSA) is 52.6 Å². The molecule has 5 heteroatoms. The van der Waals surface area contributed by atoms with Gasteiger partial charge in [-0.3, -0.25) is 4.18 Å². The minimum Gasteiger partial charge on any atom is -0.489 e. The van der Waals surface area contributed by atoms with Gasteiger partial charge in [-0.05, 0) is 18.1 Å². The van der Waals surface area contributed by atoms with Gasteiger partial charge in [0.25, 0.3) is 10.1 Å². The molecule has 0 aromatic heterocycles. The zero-order valence-electron chi connectivity index (χ0n) is 12.8. The van der Waals surface area contributed by atoms with Crippen LogP contribution in [0.3, 0.4) is 0 Å². The molecule has 0 radical (unpaired) electrons. The average molecular weight is 330 g/mol. The molecule has 1 aliphatic heterocycles. The third-order valence-corrected chi connectivity index (χ3v) is 4.80. The summed E-state index contributed by atoms with van der Waals surface area (Å²) in [6.07, 6.45) is 0.424. The number of ether oxygens (including phenoxy) is 1. The van der Waals surface area contributed by atoms with Crippen molar-refractivity contribution in [2.45, 2.75) is 25.6 Å². The van der Waals surface area contributed by atoms with Crippen LogP contribution in [0.5, 0.6) is 0 Å². The quantitative estimate of drug-likeness (QED) is 0.789. The van der Waals surface area contributed by atoms with Crippen molar-refractivity contribution in [3.05, 3.63) is 83.0 Å². The van der Waals surface area contributed by atoms with Crippen molar-refractivity contribution in [2.75, 3.05) is 0 Å². The molecular formula is C18H18O4S. The van der Waals surface area contributed by atoms with E-state index < -0.39 is 15.7 Å². The van der Waals surface area contributed by atoms with E-state index >= 15 is 0 Å². The molecule has 3 rings (SSSR count). The Balaban J connectivity index is 1.80. The molecule has 1 aliphatic rings. The van der Waals surface area contributed by atoms with Gasteiger partial charge in [-0.1, -0.05) is 60.7 Å². The van der Waals surface area contributed by atoms with E-state index in [1.165, 1.54) is 0 Å². The highest BCUT2D eigenvalue weighted by atomic mass is 32.2. The Morgan fingerprint density at radius 2 is 1.52 bits per heavy atom. The van der Waals surface area contributed by atoms with Crippen LogP contribution in [-0.4, -0.2) is 14.0 Å². The van der Waals surface area contributed by atoms with Gasteiger partial charge in [-0.15, -0.1) is 0 Å². The fraction of sp³-hybridized carbons (Fsp3) is 0.222. The number of benzene rings is 2. The van der Waals surface area contributed by atoms with Gasteiger partial charge >= 0.3 is 0 Å². The molecule has 4 nitrogen and oxygen atoms in total. The minimum absolute atomic E-state index is 0.302. The highest BCUT2D eigenvalue weighted by Crippen LogP contribution is 2.36. The zero-order chi connectivity index (χ0) is 16.3. The molecule has 0 saturated carbocycles. The molecule has 0 saturated heterocycles. The Labute approximate surface area is 136 Å². The van der Waals surface area contributed by atoms with Crippen LogP contribution in [0.2, 0.25) is 0 Å². The number of hydrogen-bond acceptors (Lipinski definition) is 4. The molecular weight excluding hydrogens is 312 g/mol. The molecule has 2 aromatic carbocycles. The summed E-state index contributed by atoms with van der Waals surface area (Å²) in [5.41, 5.74) is 0.940. The fourth-order valence-corrected chi connectivity index (χ4v) is 3.88. The maximum absolute atomic E-state index is 11.9. The molecule has 23 heavy (non-hydrogen) atoms. The first-order valence-electron chi connectivity index (χ1n) is 7.35. The number of hydrogen-bond donors (Lipinski definition) is 0. The summed E-state index contributed by atoms with van der Waals surface area (Å²) in [5.74, 6) is 0.338. The van der Waals surface area contributed by atoms with Crippen molar-refractivity contribution in [3.63, 3.8) is 0 Å². The van der Waals surface area contributed by atoms with E-state index in [1.807, 2.05) is 60.7 Å². The lowest BCUT2D eigenvalue weighted by atomic mass is 9.95. The van der Waals surface area contributed by atoms with Crippen molar-refractivity contribution in [3.8, 4) is 0 Å². The van der Waals surface area contributed by atoms with E-state index in [1.54, 1.807) is 6.92 Å². The first-order chi connectivity index (χ1) is 11.0. The molecule has 1 heterocycles. The van der Waals surface area contributed by atoms with E-state index in [-0.39, 0.29) is 0 Å². The zero-order valence-corrected chi connectivity index (χ0v) is 13.6. The van der Waals surface area contributed by atoms with Gasteiger partial charge < -0.3 is 4.74 Å². The second kappa shape index (κ2) is 6.18. The Kier molecular flexibility index (Phi) is 4.24. The predicted octanol–water partition coefficient (Wildman–Crippen LogP) is 3.41. The van der Waals surface area contributed by atoms with Gasteiger partial charge in [-0.2, -0.15) is 8.42 Å². The first-order valence-corrected chi connectivity index (χ1v) is 8.82. The van der Waals surface area contributed by atoms with Crippen LogP contribution in [-0.2, 0) is 32.1 Å². The summed E-state index contributed by atoms with van der Waals surface area (Å²) < 4.78 is 34.8. The van der Waals surface area contributed by atoms with Crippen LogP contribution in [0.15, 0.2) is 71.8 Å². The van der Waals surface area contributed by atoms with Gasteiger partial charge in [0, 0.05) is 6.42 Å². The van der Waals surface area contributed by atoms with Gasteiger partial charge in [0.2, 0.25) is 0 Å². The molecule has 0 aliphatic carbocycles. The standard InChI is InChI=1S/C18H18O4S/c1-18(12-15-8-4-2-5-9-15)17(14-23(19,20)22-18)21-13-16-10-6-3-7-11-16/h2-11,14H,12-13H2,1H3. The third-order valence-electron chi connectivity index (χ3n) is 3.69. The Hall–Kier alpha value is -2.11. The first kappa shape index (κ1) is 15.8. The molecule has 0 N–H and O–H groups in total. The van der Waals surface area contributed by atoms with Crippen LogP contribution < -0.4 is 0 Å². The van der Waals surface area contributed by atoms with E-state index in [9.17, 15) is 8.42 Å². The summed E-state index contributed by atoms with van der Waals surface area (Å²) in [6.45, 7) is 2.04. The molecule has 120 valence electrons. The Bertz CT molecular complexity index is 797. The molecule has 0 spiro atoms. The van der Waals surface area contributed by atoms with Gasteiger partial charge in [0.15, 0.2) is 0 Å². The van der Waals surface area contributed by atoms with Gasteiger partial charge in [-0.25, -0.2) is 0 Å². The molecule has 1 unspecified atom stereocenters. The second-order valence-corrected chi connectivity index (χ2v) is 7.11. The van der Waals surface area contributed by atoms with Crippen molar-refractivity contribution in [1.82, 2.24) is 0 Å². The summed E-state index contributed by atoms with van der Waals surface area (Å²) >= 11 is 0. The lowest BCUT2D eigenvalue weighted by molar-refractivity contribution is 0.0576. The molecule has 0 amide bonds. The van der Waals surface area contributed by atoms with E-state index in [4.69, 9.17) is 8.92 Å². The van der Waals surface area contributed by atoms with Crippen LogP contribution in [0.1, 0.15) is 18.1 Å². The van der Waals surface area contributed by atoms with E-state index in [0.29, 0.717) is 18.8 Å². The molecule has 1 atom stereocenters. The van der Waals surface area contributed by atoms with Crippen LogP contribution in [0.4, 0.5) is 0 Å². The summed E-state index contributed by atoms with van der Waals surface area (Å²) in [6, 6.07) is 19.2. The summed E-state index contributed by atoms with van der Waals surface area (Å²) in [4.78, 5) is 0. The monoisotopic (exact) mass is 330 g/mol. The minimum atomic E-state index is -3.71. The van der Waals surface area contributed by atoms with E-state index in [0.717, 1.165) is 16.5 Å². The SMILES string of the molecule is CC1(Cc2ccccc2)OS(=O)(=O)C=C1OCc1ccccc1. The van der Waals surface area contributed by atoms with Crippen molar-refractivity contribution in [2.24, 2.45) is 0 Å². The summed E-state index contributed by atoms with van der Waals surface area (Å²) in [5, 5.41) is 1.08. The van der Waals surface area contributed by atoms with Crippen molar-refractivity contribution < 1.29 is 17.3 Å². The maximum Gasteiger partial charge on any atom is 0.294 e. The Morgan fingerprint density at radius 1 is 0.957 bits per heavy atom. The average Bonchev–Trinajstić information content (AvgIpc) is 2.76. The van der Waals surface area contributed by atoms with Crippen LogP contribution >= 0.6 is 0 Å². The van der Waals surface area contributed by atoms with E-state index in [2.05, 4.69) is 0 Å². The smallest absolute Gasteiger partial charge is 0.294 e. The van der Waals surface area contributed by atoms with Crippen molar-refractivity contribution in [1.29, 1.82) is 0 Å². The Morgan fingerprint density at radius 3 is 2.13 bits per heavy atom. The summed E-state index contributed by atoms with van der Waals surface area (Å²) in [7, 11) is -3.71. The lowest BCUT2D eigenvalue weighted by Crippen LogP contribution is -2.32. The number of rotatable bonds is 5. The third kappa shape index (κ3) is 3.81. The van der Waals surface area contributed by atoms with Crippen LogP contribution in [0, 0.1) is 0 Å². The second-order valence-electron chi connectivity index (χ2n) is 5.73. The highest BCUT2D eigenvalue weighted by molar-refractivity contribution is 7.90. The predicted molar refractivity (Wildman–Crippen MR) is 87.9 cm³/mol. The lowest BCUT2D eigenvalue weighted by Gasteiger charge is -2.25. The highest BCUT2D eigenvalue weighted by Gasteiger charge is 2.43. The van der Waals surface area contributed by atoms with Crippen molar-refractivity contribution >= 4 is 10.1 Å². The van der Waals surface area contributed by atoms with Gasteiger partial charge in [0.1, 0.15) is 18.0 Å². The fourth-order valence-electron chi connectivity index (χ4n) is 2.60. The molecule has 0 bridgehead atoms. The largest absolute Gasteiger partial charge is 0.489 e. The maximum atomic E-state index is 11.9. The van der Waals surface area contributed by atoms with Crippen LogP contribution in [0.25, 0.3) is 0 Å². The normalized spacial score (nSPS) is 22.6. The molecule has 2 aromatic rings. The van der Waals surface area contributed by atoms with Gasteiger partial charge in [0.05, 0.1) is 5.41 Å².